The molecule has 11 heteroatoms. The van der Waals surface area contributed by atoms with E-state index >= 15 is 0 Å². The van der Waals surface area contributed by atoms with Crippen LogP contribution in [0.5, 0.6) is 5.75 Å². The van der Waals surface area contributed by atoms with E-state index in [0.717, 1.165) is 0 Å². The molecule has 1 fully saturated rings. The molecule has 1 unspecified atom stereocenters. The Bertz CT molecular complexity index is 1030. The van der Waals surface area contributed by atoms with Crippen molar-refractivity contribution >= 4 is 19.6 Å². The molecule has 1 aliphatic heterocycles. The van der Waals surface area contributed by atoms with E-state index in [2.05, 4.69) is 10.1 Å². The molecule has 0 amide bonds. The van der Waals surface area contributed by atoms with E-state index in [1.807, 2.05) is 0 Å². The smallest absolute Gasteiger partial charge is 0.387 e. The fourth-order valence-electron chi connectivity index (χ4n) is 3.27. The van der Waals surface area contributed by atoms with Crippen LogP contribution in [0.1, 0.15) is 18.7 Å². The molecule has 4 N–H and O–H groups in total. The minimum atomic E-state index is -2.50. The van der Waals surface area contributed by atoms with Crippen molar-refractivity contribution in [2.24, 2.45) is 0 Å². The van der Waals surface area contributed by atoms with Gasteiger partial charge in [0.05, 0.1) is 5.69 Å². The van der Waals surface area contributed by atoms with Crippen LogP contribution in [-0.2, 0) is 13.8 Å². The van der Waals surface area contributed by atoms with Gasteiger partial charge in [0.2, 0.25) is 0 Å². The van der Waals surface area contributed by atoms with Crippen molar-refractivity contribution in [2.75, 3.05) is 12.3 Å². The largest absolute Gasteiger partial charge is 0.750 e. The van der Waals surface area contributed by atoms with Gasteiger partial charge in [-0.05, 0) is 31.2 Å². The van der Waals surface area contributed by atoms with Crippen molar-refractivity contribution in [2.45, 2.75) is 30.8 Å². The van der Waals surface area contributed by atoms with Gasteiger partial charge in [0, 0.05) is 4.57 Å². The zero-order valence-electron chi connectivity index (χ0n) is 15.5. The van der Waals surface area contributed by atoms with Gasteiger partial charge in [0.25, 0.3) is 0 Å². The number of rotatable bonds is 6. The molecule has 0 bridgehead atoms. The summed E-state index contributed by atoms with van der Waals surface area (Å²) in [5, 5.41) is 25.3. The van der Waals surface area contributed by atoms with Gasteiger partial charge >= 0.3 is 8.25 Å². The first kappa shape index (κ1) is 19.7. The van der Waals surface area contributed by atoms with E-state index in [-0.39, 0.29) is 12.4 Å². The number of nitrogens with zero attached hydrogens (tertiary/aromatic N) is 3. The number of ether oxygens (including phenoxy) is 1. The molecule has 2 aromatic heterocycles. The first-order valence-corrected chi connectivity index (χ1v) is 9.94. The number of fused-ring (bicyclic) bond motifs is 1. The number of aliphatic hydroxyl groups is 2. The van der Waals surface area contributed by atoms with Crippen molar-refractivity contribution in [3.05, 3.63) is 54.5 Å². The van der Waals surface area contributed by atoms with Gasteiger partial charge in [-0.3, -0.25) is 0 Å². The maximum Gasteiger partial charge on any atom is 0.750 e. The molecule has 10 nitrogen and oxygen atoms in total. The maximum absolute atomic E-state index is 12.1. The van der Waals surface area contributed by atoms with Gasteiger partial charge in [0.15, 0.2) is 11.6 Å². The number of nitrogen functional groups attached to an aromatic ring is 1. The van der Waals surface area contributed by atoms with E-state index in [1.54, 1.807) is 49.4 Å². The third-order valence-electron chi connectivity index (χ3n) is 4.84. The van der Waals surface area contributed by atoms with Crippen molar-refractivity contribution in [3.8, 4) is 5.75 Å². The second kappa shape index (κ2) is 7.66. The van der Waals surface area contributed by atoms with Crippen molar-refractivity contribution in [3.63, 3.8) is 0 Å². The summed E-state index contributed by atoms with van der Waals surface area (Å²) in [6, 6.07) is 12.0. The Morgan fingerprint density at radius 1 is 1.28 bits per heavy atom. The van der Waals surface area contributed by atoms with E-state index in [4.69, 9.17) is 19.5 Å². The van der Waals surface area contributed by atoms with Gasteiger partial charge in [-0.1, -0.05) is 18.2 Å². The fourth-order valence-corrected chi connectivity index (χ4v) is 3.98. The molecule has 1 saturated heterocycles. The Balaban J connectivity index is 1.48. The SMILES string of the molecule is C[C@]1(CO[P+](=O)Oc2ccccc2)O[C@@H](c2ccc3c(N)ncnn23)[C@H](O)[C@@H]1O. The predicted octanol–water partition coefficient (Wildman–Crippen LogP) is 1.62. The summed E-state index contributed by atoms with van der Waals surface area (Å²) in [6.07, 6.45) is -2.16. The van der Waals surface area contributed by atoms with Crippen LogP contribution in [0.3, 0.4) is 0 Å². The lowest BCUT2D eigenvalue weighted by molar-refractivity contribution is -0.0949. The zero-order valence-corrected chi connectivity index (χ0v) is 16.3. The maximum atomic E-state index is 12.1. The average molecular weight is 419 g/mol. The minimum Gasteiger partial charge on any atom is -0.387 e. The average Bonchev–Trinajstić information content (AvgIpc) is 3.24. The molecule has 0 saturated carbocycles. The predicted molar refractivity (Wildman–Crippen MR) is 102 cm³/mol. The highest BCUT2D eigenvalue weighted by atomic mass is 31.1. The van der Waals surface area contributed by atoms with E-state index in [9.17, 15) is 14.8 Å². The second-order valence-corrected chi connectivity index (χ2v) is 7.78. The van der Waals surface area contributed by atoms with Crippen LogP contribution in [0, 0.1) is 0 Å². The van der Waals surface area contributed by atoms with Crippen LogP contribution in [0.4, 0.5) is 5.82 Å². The van der Waals surface area contributed by atoms with Crippen molar-refractivity contribution in [1.29, 1.82) is 0 Å². The Morgan fingerprint density at radius 3 is 2.79 bits per heavy atom. The lowest BCUT2D eigenvalue weighted by Gasteiger charge is -2.24. The molecule has 5 atom stereocenters. The molecule has 1 aliphatic rings. The van der Waals surface area contributed by atoms with Gasteiger partial charge in [-0.15, -0.1) is 4.52 Å². The Labute approximate surface area is 166 Å². The number of aromatic nitrogens is 3. The van der Waals surface area contributed by atoms with Crippen LogP contribution in [-0.4, -0.2) is 49.2 Å². The first-order chi connectivity index (χ1) is 13.9. The number of aliphatic hydroxyl groups excluding tert-OH is 2. The minimum absolute atomic E-state index is 0.260. The summed E-state index contributed by atoms with van der Waals surface area (Å²) in [4.78, 5) is 3.92. The summed E-state index contributed by atoms with van der Waals surface area (Å²) in [5.41, 5.74) is 5.56. The normalized spacial score (nSPS) is 27.3. The molecule has 152 valence electrons. The Kier molecular flexibility index (Phi) is 5.20. The van der Waals surface area contributed by atoms with Gasteiger partial charge in [0.1, 0.15) is 42.4 Å². The monoisotopic (exact) mass is 419 g/mol. The summed E-state index contributed by atoms with van der Waals surface area (Å²) in [5.74, 6) is 0.668. The lowest BCUT2D eigenvalue weighted by atomic mass is 9.97. The highest BCUT2D eigenvalue weighted by Gasteiger charge is 2.54. The molecule has 4 rings (SSSR count). The molecule has 29 heavy (non-hydrogen) atoms. The van der Waals surface area contributed by atoms with Crippen LogP contribution < -0.4 is 10.3 Å². The number of para-hydroxylation sites is 1. The molecule has 0 radical (unpaired) electrons. The van der Waals surface area contributed by atoms with E-state index in [0.29, 0.717) is 17.0 Å². The highest BCUT2D eigenvalue weighted by Crippen LogP contribution is 2.42. The number of anilines is 1. The van der Waals surface area contributed by atoms with Crippen LogP contribution in [0.15, 0.2) is 48.8 Å². The molecule has 1 aromatic carbocycles. The first-order valence-electron chi connectivity index (χ1n) is 8.84. The summed E-state index contributed by atoms with van der Waals surface area (Å²) in [7, 11) is -2.50. The van der Waals surface area contributed by atoms with Gasteiger partial charge < -0.3 is 20.7 Å². The van der Waals surface area contributed by atoms with Crippen molar-refractivity contribution < 1.29 is 28.6 Å². The lowest BCUT2D eigenvalue weighted by Crippen LogP contribution is -2.43. The molecule has 3 heterocycles. The highest BCUT2D eigenvalue weighted by molar-refractivity contribution is 7.33. The Hall–Kier alpha value is -2.62. The third-order valence-corrected chi connectivity index (χ3v) is 5.54. The molecule has 0 aliphatic carbocycles. The quantitative estimate of drug-likeness (QED) is 0.508. The van der Waals surface area contributed by atoms with Crippen LogP contribution in [0.2, 0.25) is 0 Å². The molecular formula is C18H20N4O6P+. The van der Waals surface area contributed by atoms with E-state index in [1.165, 1.54) is 10.8 Å². The number of hydrogen-bond donors (Lipinski definition) is 3. The van der Waals surface area contributed by atoms with Crippen LogP contribution in [0.25, 0.3) is 5.52 Å². The number of hydrogen-bond acceptors (Lipinski definition) is 9. The Morgan fingerprint density at radius 2 is 2.03 bits per heavy atom. The van der Waals surface area contributed by atoms with Crippen LogP contribution >= 0.6 is 8.25 Å². The number of nitrogens with two attached hydrogens (primary N) is 1. The fraction of sp³-hybridized carbons (Fsp3) is 0.333. The molecule has 0 spiro atoms. The van der Waals surface area contributed by atoms with Gasteiger partial charge in [-0.25, -0.2) is 14.0 Å². The molecular weight excluding hydrogens is 399 g/mol. The van der Waals surface area contributed by atoms with E-state index < -0.39 is 32.2 Å². The number of benzene rings is 1. The second-order valence-electron chi connectivity index (χ2n) is 6.89. The standard InChI is InChI=1S/C18H20N4O6P/c1-18(9-26-29(25)28-11-5-3-2-4-6-11)16(24)14(23)15(27-18)12-7-8-13-17(19)20-10-21-22(12)13/h2-8,10,14-16,23-24H,9H2,1H3,(H2,19,20,21)/q+1/t14-,15-,16-,18+/m0/s1. The third kappa shape index (κ3) is 3.68. The summed E-state index contributed by atoms with van der Waals surface area (Å²) < 4.78 is 30.0. The zero-order chi connectivity index (χ0) is 20.6. The topological polar surface area (TPSA) is 141 Å². The van der Waals surface area contributed by atoms with Gasteiger partial charge in [-0.2, -0.15) is 5.10 Å². The molecule has 3 aromatic rings. The summed E-state index contributed by atoms with van der Waals surface area (Å²) >= 11 is 0. The summed E-state index contributed by atoms with van der Waals surface area (Å²) in [6.45, 7) is 1.30. The van der Waals surface area contributed by atoms with Crippen molar-refractivity contribution in [1.82, 2.24) is 14.6 Å².